The highest BCUT2D eigenvalue weighted by Gasteiger charge is 2.09. The van der Waals surface area contributed by atoms with Gasteiger partial charge in [0, 0.05) is 21.5 Å². The van der Waals surface area contributed by atoms with Gasteiger partial charge in [-0.1, -0.05) is 0 Å². The van der Waals surface area contributed by atoms with Gasteiger partial charge in [-0.15, -0.1) is 12.6 Å². The summed E-state index contributed by atoms with van der Waals surface area (Å²) in [7, 11) is 0. The number of non-ortho nitro benzene ring substituents is 1. The maximum absolute atomic E-state index is 10.4. The van der Waals surface area contributed by atoms with Crippen LogP contribution in [-0.4, -0.2) is 4.92 Å². The summed E-state index contributed by atoms with van der Waals surface area (Å²) in [5, 5.41) is 10.4. The van der Waals surface area contributed by atoms with Crippen LogP contribution in [0.3, 0.4) is 0 Å². The second-order valence-electron chi connectivity index (χ2n) is 2.35. The van der Waals surface area contributed by atoms with E-state index in [4.69, 9.17) is 0 Å². The summed E-state index contributed by atoms with van der Waals surface area (Å²) >= 11 is 7.34. The molecule has 0 amide bonds. The normalized spacial score (nSPS) is 9.92. The van der Waals surface area contributed by atoms with E-state index in [1.165, 1.54) is 12.1 Å². The third-order valence-corrected chi connectivity index (χ3v) is 3.14. The Morgan fingerprint density at radius 1 is 1.58 bits per heavy atom. The summed E-state index contributed by atoms with van der Waals surface area (Å²) in [6.07, 6.45) is 0. The molecule has 0 bridgehead atoms. The standard InChI is InChI=1S/C7H6BrNO2S/c1-4-2-5(9(10)11)3-6(12)7(4)8/h2-3,12H,1H3. The molecule has 0 aliphatic carbocycles. The SMILES string of the molecule is Cc1cc([N+](=O)[O-])cc(S)c1Br. The van der Waals surface area contributed by atoms with Gasteiger partial charge >= 0.3 is 0 Å². The van der Waals surface area contributed by atoms with Crippen LogP contribution in [0.15, 0.2) is 21.5 Å². The molecule has 0 fully saturated rings. The van der Waals surface area contributed by atoms with Gasteiger partial charge in [0.25, 0.3) is 5.69 Å². The summed E-state index contributed by atoms with van der Waals surface area (Å²) in [6.45, 7) is 1.79. The molecule has 0 heterocycles. The molecule has 0 radical (unpaired) electrons. The van der Waals surface area contributed by atoms with Gasteiger partial charge in [-0.3, -0.25) is 10.1 Å². The van der Waals surface area contributed by atoms with Gasteiger partial charge < -0.3 is 0 Å². The van der Waals surface area contributed by atoms with Gasteiger partial charge in [0.1, 0.15) is 0 Å². The number of hydrogen-bond donors (Lipinski definition) is 1. The van der Waals surface area contributed by atoms with E-state index < -0.39 is 4.92 Å². The third kappa shape index (κ3) is 1.78. The molecule has 0 unspecified atom stereocenters. The van der Waals surface area contributed by atoms with Crippen LogP contribution < -0.4 is 0 Å². The zero-order chi connectivity index (χ0) is 9.30. The Kier molecular flexibility index (Phi) is 2.74. The number of nitro benzene ring substituents is 1. The highest BCUT2D eigenvalue weighted by atomic mass is 79.9. The zero-order valence-corrected chi connectivity index (χ0v) is 8.72. The predicted octanol–water partition coefficient (Wildman–Crippen LogP) is 2.95. The largest absolute Gasteiger partial charge is 0.270 e. The molecule has 0 saturated heterocycles. The van der Waals surface area contributed by atoms with Crippen LogP contribution in [-0.2, 0) is 0 Å². The molecule has 0 N–H and O–H groups in total. The van der Waals surface area contributed by atoms with Crippen molar-refractivity contribution in [3.8, 4) is 0 Å². The minimum atomic E-state index is -0.431. The second-order valence-corrected chi connectivity index (χ2v) is 3.63. The number of nitrogens with zero attached hydrogens (tertiary/aromatic N) is 1. The molecular formula is C7H6BrNO2S. The molecule has 0 saturated carbocycles. The van der Waals surface area contributed by atoms with E-state index in [1.807, 2.05) is 0 Å². The fourth-order valence-electron chi connectivity index (χ4n) is 0.838. The number of hydrogen-bond acceptors (Lipinski definition) is 3. The van der Waals surface area contributed by atoms with E-state index >= 15 is 0 Å². The van der Waals surface area contributed by atoms with Gasteiger partial charge in [-0.25, -0.2) is 0 Å². The van der Waals surface area contributed by atoms with Crippen molar-refractivity contribution >= 4 is 34.2 Å². The lowest BCUT2D eigenvalue weighted by molar-refractivity contribution is -0.385. The Labute approximate surface area is 83.5 Å². The number of thiol groups is 1. The van der Waals surface area contributed by atoms with Crippen molar-refractivity contribution in [2.75, 3.05) is 0 Å². The Morgan fingerprint density at radius 3 is 2.58 bits per heavy atom. The smallest absolute Gasteiger partial charge is 0.258 e. The van der Waals surface area contributed by atoms with E-state index in [-0.39, 0.29) is 5.69 Å². The van der Waals surface area contributed by atoms with Crippen molar-refractivity contribution in [1.29, 1.82) is 0 Å². The van der Waals surface area contributed by atoms with Crippen molar-refractivity contribution in [1.82, 2.24) is 0 Å². The monoisotopic (exact) mass is 247 g/mol. The fraction of sp³-hybridized carbons (Fsp3) is 0.143. The molecule has 12 heavy (non-hydrogen) atoms. The molecule has 0 aliphatic rings. The quantitative estimate of drug-likeness (QED) is 0.471. The zero-order valence-electron chi connectivity index (χ0n) is 6.24. The number of aryl methyl sites for hydroxylation is 1. The highest BCUT2D eigenvalue weighted by Crippen LogP contribution is 2.28. The fourth-order valence-corrected chi connectivity index (χ4v) is 1.38. The molecule has 1 aromatic rings. The van der Waals surface area contributed by atoms with Crippen LogP contribution in [0.4, 0.5) is 5.69 Å². The number of halogens is 1. The minimum Gasteiger partial charge on any atom is -0.258 e. The summed E-state index contributed by atoms with van der Waals surface area (Å²) in [5.74, 6) is 0. The van der Waals surface area contributed by atoms with E-state index in [0.717, 1.165) is 10.0 Å². The van der Waals surface area contributed by atoms with E-state index in [1.54, 1.807) is 6.92 Å². The van der Waals surface area contributed by atoms with Crippen LogP contribution in [0.1, 0.15) is 5.56 Å². The topological polar surface area (TPSA) is 43.1 Å². The molecule has 0 aromatic heterocycles. The summed E-state index contributed by atoms with van der Waals surface area (Å²) in [6, 6.07) is 2.92. The highest BCUT2D eigenvalue weighted by molar-refractivity contribution is 9.10. The molecule has 3 nitrogen and oxygen atoms in total. The molecule has 5 heteroatoms. The number of benzene rings is 1. The Balaban J connectivity index is 3.31. The van der Waals surface area contributed by atoms with Gasteiger partial charge in [0.05, 0.1) is 4.92 Å². The second kappa shape index (κ2) is 3.45. The molecular weight excluding hydrogens is 242 g/mol. The Bertz CT molecular complexity index is 317. The van der Waals surface area contributed by atoms with Crippen molar-refractivity contribution in [2.24, 2.45) is 0 Å². The van der Waals surface area contributed by atoms with E-state index in [2.05, 4.69) is 28.6 Å². The molecule has 0 aliphatic heterocycles. The van der Waals surface area contributed by atoms with E-state index in [9.17, 15) is 10.1 Å². The van der Waals surface area contributed by atoms with Crippen molar-refractivity contribution < 1.29 is 4.92 Å². The van der Waals surface area contributed by atoms with Crippen molar-refractivity contribution in [2.45, 2.75) is 11.8 Å². The van der Waals surface area contributed by atoms with E-state index in [0.29, 0.717) is 4.90 Å². The van der Waals surface area contributed by atoms with Crippen LogP contribution >= 0.6 is 28.6 Å². The first-order chi connectivity index (χ1) is 5.52. The number of rotatable bonds is 1. The van der Waals surface area contributed by atoms with Crippen LogP contribution in [0.25, 0.3) is 0 Å². The van der Waals surface area contributed by atoms with Gasteiger partial charge in [-0.2, -0.15) is 0 Å². The van der Waals surface area contributed by atoms with Crippen molar-refractivity contribution in [3.63, 3.8) is 0 Å². The first-order valence-corrected chi connectivity index (χ1v) is 4.40. The molecule has 0 atom stereocenters. The molecule has 64 valence electrons. The maximum atomic E-state index is 10.4. The predicted molar refractivity (Wildman–Crippen MR) is 52.8 cm³/mol. The lowest BCUT2D eigenvalue weighted by Gasteiger charge is -2.00. The lowest BCUT2D eigenvalue weighted by atomic mass is 10.2. The van der Waals surface area contributed by atoms with Crippen LogP contribution in [0.2, 0.25) is 0 Å². The molecule has 0 spiro atoms. The molecule has 1 aromatic carbocycles. The van der Waals surface area contributed by atoms with Gasteiger partial charge in [-0.05, 0) is 28.4 Å². The van der Waals surface area contributed by atoms with Crippen LogP contribution in [0.5, 0.6) is 0 Å². The van der Waals surface area contributed by atoms with Crippen LogP contribution in [0, 0.1) is 17.0 Å². The summed E-state index contributed by atoms with van der Waals surface area (Å²) in [4.78, 5) is 10.5. The van der Waals surface area contributed by atoms with Gasteiger partial charge in [0.15, 0.2) is 0 Å². The first-order valence-electron chi connectivity index (χ1n) is 3.16. The maximum Gasteiger partial charge on any atom is 0.270 e. The van der Waals surface area contributed by atoms with Crippen molar-refractivity contribution in [3.05, 3.63) is 32.3 Å². The lowest BCUT2D eigenvalue weighted by Crippen LogP contribution is -1.89. The third-order valence-electron chi connectivity index (χ3n) is 1.43. The van der Waals surface area contributed by atoms with Gasteiger partial charge in [0.2, 0.25) is 0 Å². The Hall–Kier alpha value is -0.550. The first kappa shape index (κ1) is 9.54. The Morgan fingerprint density at radius 2 is 2.17 bits per heavy atom. The summed E-state index contributed by atoms with van der Waals surface area (Å²) in [5.41, 5.74) is 0.884. The average Bonchev–Trinajstić information content (AvgIpc) is 1.99. The minimum absolute atomic E-state index is 0.0701. The summed E-state index contributed by atoms with van der Waals surface area (Å²) < 4.78 is 0.802. The average molecular weight is 248 g/mol. The number of nitro groups is 1. The molecule has 1 rings (SSSR count).